The lowest BCUT2D eigenvalue weighted by atomic mass is 10.2. The summed E-state index contributed by atoms with van der Waals surface area (Å²) in [7, 11) is 1.46. The molecule has 23 heavy (non-hydrogen) atoms. The van der Waals surface area contributed by atoms with Crippen LogP contribution in [0, 0.1) is 6.92 Å². The van der Waals surface area contributed by atoms with Crippen LogP contribution in [-0.2, 0) is 16.1 Å². The number of benzene rings is 1. The summed E-state index contributed by atoms with van der Waals surface area (Å²) in [4.78, 5) is 31.5. The summed E-state index contributed by atoms with van der Waals surface area (Å²) in [5.41, 5.74) is 2.52. The SMILES string of the molecule is COCC(=O)Nc1cccc(CNC(=O)c2cnc(C)cn2)c1. The van der Waals surface area contributed by atoms with Crippen molar-refractivity contribution in [3.8, 4) is 0 Å². The van der Waals surface area contributed by atoms with Gasteiger partial charge in [-0.05, 0) is 24.6 Å². The third kappa shape index (κ3) is 5.15. The summed E-state index contributed by atoms with van der Waals surface area (Å²) in [6, 6.07) is 7.21. The van der Waals surface area contributed by atoms with Crippen molar-refractivity contribution in [3.05, 3.63) is 53.6 Å². The molecule has 0 aliphatic rings. The summed E-state index contributed by atoms with van der Waals surface area (Å²) in [6.45, 7) is 2.12. The molecular formula is C16H18N4O3. The highest BCUT2D eigenvalue weighted by atomic mass is 16.5. The van der Waals surface area contributed by atoms with E-state index in [-0.39, 0.29) is 24.1 Å². The smallest absolute Gasteiger partial charge is 0.271 e. The first-order valence-electron chi connectivity index (χ1n) is 7.03. The Balaban J connectivity index is 1.94. The molecule has 1 aromatic carbocycles. The number of hydrogen-bond donors (Lipinski definition) is 2. The van der Waals surface area contributed by atoms with Crippen LogP contribution in [0.1, 0.15) is 21.7 Å². The van der Waals surface area contributed by atoms with Crippen molar-refractivity contribution >= 4 is 17.5 Å². The lowest BCUT2D eigenvalue weighted by Gasteiger charge is -2.08. The van der Waals surface area contributed by atoms with Crippen molar-refractivity contribution in [2.24, 2.45) is 0 Å². The molecule has 0 spiro atoms. The average Bonchev–Trinajstić information content (AvgIpc) is 2.54. The van der Waals surface area contributed by atoms with Crippen molar-refractivity contribution in [1.29, 1.82) is 0 Å². The maximum atomic E-state index is 12.0. The van der Waals surface area contributed by atoms with Gasteiger partial charge < -0.3 is 15.4 Å². The fourth-order valence-electron chi connectivity index (χ4n) is 1.87. The summed E-state index contributed by atoms with van der Waals surface area (Å²) >= 11 is 0. The predicted molar refractivity (Wildman–Crippen MR) is 84.9 cm³/mol. The van der Waals surface area contributed by atoms with E-state index in [4.69, 9.17) is 4.74 Å². The number of aromatic nitrogens is 2. The number of carbonyl (C=O) groups excluding carboxylic acids is 2. The number of anilines is 1. The molecule has 1 heterocycles. The number of amides is 2. The Bertz CT molecular complexity index is 686. The zero-order valence-corrected chi connectivity index (χ0v) is 13.0. The summed E-state index contributed by atoms with van der Waals surface area (Å²) in [6.07, 6.45) is 2.98. The van der Waals surface area contributed by atoms with Crippen LogP contribution in [-0.4, -0.2) is 35.5 Å². The van der Waals surface area contributed by atoms with E-state index in [1.165, 1.54) is 13.3 Å². The van der Waals surface area contributed by atoms with Crippen molar-refractivity contribution in [2.45, 2.75) is 13.5 Å². The van der Waals surface area contributed by atoms with Crippen LogP contribution in [0.2, 0.25) is 0 Å². The first kappa shape index (κ1) is 16.6. The van der Waals surface area contributed by atoms with E-state index in [1.807, 2.05) is 6.07 Å². The molecule has 0 aliphatic heterocycles. The topological polar surface area (TPSA) is 93.2 Å². The van der Waals surface area contributed by atoms with E-state index in [0.29, 0.717) is 12.2 Å². The molecule has 1 aromatic heterocycles. The number of nitrogens with one attached hydrogen (secondary N) is 2. The molecule has 2 aromatic rings. The Labute approximate surface area is 134 Å². The van der Waals surface area contributed by atoms with Gasteiger partial charge in [0.05, 0.1) is 11.9 Å². The zero-order valence-electron chi connectivity index (χ0n) is 13.0. The first-order chi connectivity index (χ1) is 11.1. The molecule has 0 radical (unpaired) electrons. The van der Waals surface area contributed by atoms with Gasteiger partial charge in [-0.2, -0.15) is 0 Å². The molecule has 0 atom stereocenters. The van der Waals surface area contributed by atoms with Gasteiger partial charge in [-0.1, -0.05) is 12.1 Å². The number of nitrogens with zero attached hydrogens (tertiary/aromatic N) is 2. The molecular weight excluding hydrogens is 296 g/mol. The minimum absolute atomic E-state index is 0.00689. The molecule has 2 rings (SSSR count). The largest absolute Gasteiger partial charge is 0.375 e. The summed E-state index contributed by atoms with van der Waals surface area (Å²) in [5.74, 6) is -0.532. The molecule has 0 saturated carbocycles. The Morgan fingerprint density at radius 1 is 1.22 bits per heavy atom. The van der Waals surface area contributed by atoms with Crippen molar-refractivity contribution < 1.29 is 14.3 Å². The van der Waals surface area contributed by atoms with E-state index in [2.05, 4.69) is 20.6 Å². The van der Waals surface area contributed by atoms with Crippen LogP contribution in [0.4, 0.5) is 5.69 Å². The second-order valence-corrected chi connectivity index (χ2v) is 4.91. The maximum Gasteiger partial charge on any atom is 0.271 e. The van der Waals surface area contributed by atoms with Gasteiger partial charge in [-0.3, -0.25) is 14.6 Å². The fourth-order valence-corrected chi connectivity index (χ4v) is 1.87. The van der Waals surface area contributed by atoms with Crippen LogP contribution in [0.3, 0.4) is 0 Å². The Morgan fingerprint density at radius 3 is 2.74 bits per heavy atom. The van der Waals surface area contributed by atoms with E-state index in [0.717, 1.165) is 11.3 Å². The Kier molecular flexibility index (Phi) is 5.76. The van der Waals surface area contributed by atoms with Crippen LogP contribution in [0.5, 0.6) is 0 Å². The lowest BCUT2D eigenvalue weighted by molar-refractivity contribution is -0.119. The van der Waals surface area contributed by atoms with Gasteiger partial charge in [0.1, 0.15) is 12.3 Å². The summed E-state index contributed by atoms with van der Waals surface area (Å²) in [5, 5.41) is 5.47. The highest BCUT2D eigenvalue weighted by Gasteiger charge is 2.07. The third-order valence-corrected chi connectivity index (χ3v) is 2.95. The number of carbonyl (C=O) groups is 2. The van der Waals surface area contributed by atoms with Crippen molar-refractivity contribution in [3.63, 3.8) is 0 Å². The number of aryl methyl sites for hydroxylation is 1. The van der Waals surface area contributed by atoms with E-state index in [1.54, 1.807) is 31.3 Å². The fraction of sp³-hybridized carbons (Fsp3) is 0.250. The molecule has 2 amide bonds. The maximum absolute atomic E-state index is 12.0. The second kappa shape index (κ2) is 8.00. The standard InChI is InChI=1S/C16H18N4O3/c1-11-7-18-14(9-17-11)16(22)19-8-12-4-3-5-13(6-12)20-15(21)10-23-2/h3-7,9H,8,10H2,1-2H3,(H,19,22)(H,20,21). The van der Waals surface area contributed by atoms with Crippen molar-refractivity contribution in [2.75, 3.05) is 19.0 Å². The van der Waals surface area contributed by atoms with Crippen LogP contribution < -0.4 is 10.6 Å². The van der Waals surface area contributed by atoms with Gasteiger partial charge in [0.25, 0.3) is 5.91 Å². The van der Waals surface area contributed by atoms with E-state index < -0.39 is 0 Å². The number of ether oxygens (including phenoxy) is 1. The van der Waals surface area contributed by atoms with E-state index in [9.17, 15) is 9.59 Å². The van der Waals surface area contributed by atoms with Gasteiger partial charge >= 0.3 is 0 Å². The van der Waals surface area contributed by atoms with Gasteiger partial charge in [-0.25, -0.2) is 4.98 Å². The first-order valence-corrected chi connectivity index (χ1v) is 7.03. The van der Waals surface area contributed by atoms with Crippen LogP contribution in [0.15, 0.2) is 36.7 Å². The predicted octanol–water partition coefficient (Wildman–Crippen LogP) is 1.30. The monoisotopic (exact) mass is 314 g/mol. The van der Waals surface area contributed by atoms with Gasteiger partial charge in [0, 0.05) is 25.5 Å². The molecule has 0 bridgehead atoms. The normalized spacial score (nSPS) is 10.2. The molecule has 0 aliphatic carbocycles. The van der Waals surface area contributed by atoms with E-state index >= 15 is 0 Å². The molecule has 0 saturated heterocycles. The van der Waals surface area contributed by atoms with Gasteiger partial charge in [0.15, 0.2) is 0 Å². The quantitative estimate of drug-likeness (QED) is 0.838. The highest BCUT2D eigenvalue weighted by Crippen LogP contribution is 2.10. The zero-order chi connectivity index (χ0) is 16.7. The van der Waals surface area contributed by atoms with Crippen molar-refractivity contribution in [1.82, 2.24) is 15.3 Å². The number of rotatable bonds is 6. The molecule has 7 nitrogen and oxygen atoms in total. The number of hydrogen-bond acceptors (Lipinski definition) is 5. The van der Waals surface area contributed by atoms with Crippen LogP contribution >= 0.6 is 0 Å². The molecule has 2 N–H and O–H groups in total. The third-order valence-electron chi connectivity index (χ3n) is 2.95. The minimum atomic E-state index is -0.300. The Hall–Kier alpha value is -2.80. The van der Waals surface area contributed by atoms with Gasteiger partial charge in [-0.15, -0.1) is 0 Å². The lowest BCUT2D eigenvalue weighted by Crippen LogP contribution is -2.24. The van der Waals surface area contributed by atoms with Gasteiger partial charge in [0.2, 0.25) is 5.91 Å². The second-order valence-electron chi connectivity index (χ2n) is 4.91. The number of methoxy groups -OCH3 is 1. The molecule has 7 heteroatoms. The van der Waals surface area contributed by atoms with Crippen LogP contribution in [0.25, 0.3) is 0 Å². The average molecular weight is 314 g/mol. The highest BCUT2D eigenvalue weighted by molar-refractivity contribution is 5.92. The summed E-state index contributed by atoms with van der Waals surface area (Å²) < 4.78 is 4.76. The molecule has 0 unspecified atom stereocenters. The molecule has 120 valence electrons. The minimum Gasteiger partial charge on any atom is -0.375 e. The molecule has 0 fully saturated rings. The Morgan fingerprint density at radius 2 is 2.04 bits per heavy atom.